The van der Waals surface area contributed by atoms with E-state index in [4.69, 9.17) is 14.2 Å². The third-order valence-electron chi connectivity index (χ3n) is 9.02. The zero-order valence-electron chi connectivity index (χ0n) is 24.1. The molecule has 0 radical (unpaired) electrons. The minimum Gasteiger partial charge on any atom is -0.496 e. The van der Waals surface area contributed by atoms with Gasteiger partial charge in [-0.3, -0.25) is 4.79 Å². The summed E-state index contributed by atoms with van der Waals surface area (Å²) in [6.07, 6.45) is 8.45. The van der Waals surface area contributed by atoms with Crippen molar-refractivity contribution in [2.45, 2.75) is 77.5 Å². The van der Waals surface area contributed by atoms with Crippen molar-refractivity contribution in [3.8, 4) is 5.75 Å². The first-order chi connectivity index (χ1) is 18.5. The molecule has 3 atom stereocenters. The number of cyclic esters (lactones) is 1. The van der Waals surface area contributed by atoms with Crippen LogP contribution in [0, 0.1) is 10.8 Å². The maximum Gasteiger partial charge on any atom is 0.407 e. The van der Waals surface area contributed by atoms with E-state index in [1.807, 2.05) is 32.6 Å². The van der Waals surface area contributed by atoms with E-state index < -0.39 is 23.2 Å². The standard InChI is InChI=1S/C32H42N2O5/c1-21-19-32(38-6)20-34(21)28(35)27(30(2,3)4)33-29(36)39-15-14-31(12-13-31)11-7-8-23-16-24-17-25(32)10-9-22(24)18-26(23)37-5/h7-10,16-18,21,27H,11-15,19-20H2,1-6H3,(H,33,36)/t21-,27-,32+/m1/s1. The molecule has 7 heteroatoms. The molecule has 1 saturated carbocycles. The summed E-state index contributed by atoms with van der Waals surface area (Å²) >= 11 is 0. The van der Waals surface area contributed by atoms with Crippen molar-refractivity contribution in [1.82, 2.24) is 10.2 Å². The maximum atomic E-state index is 14.0. The number of hydrogen-bond acceptors (Lipinski definition) is 5. The highest BCUT2D eigenvalue weighted by atomic mass is 16.5. The molecule has 3 aliphatic rings. The number of rotatable bonds is 2. The summed E-state index contributed by atoms with van der Waals surface area (Å²) in [7, 11) is 3.42. The van der Waals surface area contributed by atoms with Gasteiger partial charge in [-0.05, 0) is 78.0 Å². The van der Waals surface area contributed by atoms with Gasteiger partial charge in [0, 0.05) is 25.1 Å². The van der Waals surface area contributed by atoms with Gasteiger partial charge < -0.3 is 24.4 Å². The highest BCUT2D eigenvalue weighted by molar-refractivity contribution is 5.89. The molecule has 1 aliphatic carbocycles. The van der Waals surface area contributed by atoms with Crippen LogP contribution in [-0.4, -0.2) is 56.4 Å². The Morgan fingerprint density at radius 2 is 1.82 bits per heavy atom. The van der Waals surface area contributed by atoms with Crippen LogP contribution < -0.4 is 10.1 Å². The summed E-state index contributed by atoms with van der Waals surface area (Å²) in [5.41, 5.74) is 1.09. The lowest BCUT2D eigenvalue weighted by Crippen LogP contribution is -2.56. The average molecular weight is 535 g/mol. The molecule has 210 valence electrons. The zero-order chi connectivity index (χ0) is 28.0. The molecule has 7 nitrogen and oxygen atoms in total. The Morgan fingerprint density at radius 1 is 1.05 bits per heavy atom. The number of hydrogen-bond donors (Lipinski definition) is 1. The van der Waals surface area contributed by atoms with Crippen molar-refractivity contribution in [2.75, 3.05) is 27.4 Å². The van der Waals surface area contributed by atoms with Crippen LogP contribution in [0.2, 0.25) is 0 Å². The fourth-order valence-electron chi connectivity index (χ4n) is 6.24. The van der Waals surface area contributed by atoms with Gasteiger partial charge >= 0.3 is 6.09 Å². The molecule has 2 aromatic carbocycles. The van der Waals surface area contributed by atoms with E-state index in [9.17, 15) is 9.59 Å². The molecule has 0 unspecified atom stereocenters. The van der Waals surface area contributed by atoms with Crippen molar-refractivity contribution in [1.29, 1.82) is 0 Å². The van der Waals surface area contributed by atoms with Gasteiger partial charge in [-0.25, -0.2) is 4.79 Å². The summed E-state index contributed by atoms with van der Waals surface area (Å²) in [5.74, 6) is 0.725. The van der Waals surface area contributed by atoms with Gasteiger partial charge in [0.1, 0.15) is 17.4 Å². The SMILES string of the molecule is COc1cc2ccc3cc2cc1C=CCC1(CCOC(=O)N[C@@H](C(C)(C)C)C(=O)N2C[C@@]3(OC)C[C@H]2C)CC1. The molecule has 5 bridgehead atoms. The van der Waals surface area contributed by atoms with Crippen LogP contribution >= 0.6 is 0 Å². The van der Waals surface area contributed by atoms with Crippen LogP contribution in [0.1, 0.15) is 70.9 Å². The molecule has 2 heterocycles. The predicted molar refractivity (Wildman–Crippen MR) is 153 cm³/mol. The van der Waals surface area contributed by atoms with Gasteiger partial charge in [0.2, 0.25) is 5.91 Å². The molecule has 2 aromatic rings. The van der Waals surface area contributed by atoms with Gasteiger partial charge in [-0.15, -0.1) is 0 Å². The van der Waals surface area contributed by atoms with Crippen LogP contribution in [0.4, 0.5) is 4.79 Å². The predicted octanol–water partition coefficient (Wildman–Crippen LogP) is 6.04. The van der Waals surface area contributed by atoms with E-state index in [0.29, 0.717) is 19.6 Å². The minimum absolute atomic E-state index is 0.0644. The first-order valence-corrected chi connectivity index (χ1v) is 14.1. The number of alkyl carbamates (subject to hydrolysis) is 1. The highest BCUT2D eigenvalue weighted by Gasteiger charge is 2.49. The van der Waals surface area contributed by atoms with Crippen LogP contribution in [0.3, 0.4) is 0 Å². The van der Waals surface area contributed by atoms with E-state index in [-0.39, 0.29) is 17.4 Å². The molecule has 1 spiro atoms. The molecule has 2 amide bonds. The van der Waals surface area contributed by atoms with Gasteiger partial charge in [-0.2, -0.15) is 0 Å². The molecule has 39 heavy (non-hydrogen) atoms. The number of allylic oxidation sites excluding steroid dienone is 1. The van der Waals surface area contributed by atoms with E-state index in [0.717, 1.165) is 53.3 Å². The van der Waals surface area contributed by atoms with Crippen molar-refractivity contribution in [2.24, 2.45) is 10.8 Å². The fourth-order valence-corrected chi connectivity index (χ4v) is 6.24. The third kappa shape index (κ3) is 5.38. The number of amides is 2. The molecule has 0 aromatic heterocycles. The Labute approximate surface area is 231 Å². The summed E-state index contributed by atoms with van der Waals surface area (Å²) in [4.78, 5) is 28.7. The van der Waals surface area contributed by atoms with Crippen LogP contribution in [-0.2, 0) is 19.9 Å². The van der Waals surface area contributed by atoms with E-state index in [1.54, 1.807) is 14.2 Å². The molecular formula is C32H42N2O5. The second-order valence-electron chi connectivity index (χ2n) is 12.8. The largest absolute Gasteiger partial charge is 0.496 e. The topological polar surface area (TPSA) is 77.1 Å². The number of nitrogens with zero attached hydrogens (tertiary/aromatic N) is 1. The second-order valence-corrected chi connectivity index (χ2v) is 12.8. The van der Waals surface area contributed by atoms with Crippen molar-refractivity contribution < 1.29 is 23.8 Å². The van der Waals surface area contributed by atoms with Crippen LogP contribution in [0.15, 0.2) is 36.4 Å². The number of benzene rings is 2. The first kappa shape index (κ1) is 27.5. The lowest BCUT2D eigenvalue weighted by molar-refractivity contribution is -0.137. The van der Waals surface area contributed by atoms with Crippen molar-refractivity contribution >= 4 is 28.8 Å². The summed E-state index contributed by atoms with van der Waals surface area (Å²) in [6, 6.07) is 9.86. The number of carbonyl (C=O) groups excluding carboxylic acids is 2. The number of methoxy groups -OCH3 is 2. The van der Waals surface area contributed by atoms with Crippen LogP contribution in [0.25, 0.3) is 16.8 Å². The smallest absolute Gasteiger partial charge is 0.407 e. The molecule has 2 fully saturated rings. The monoisotopic (exact) mass is 534 g/mol. The average Bonchev–Trinajstić information content (AvgIpc) is 3.57. The number of ether oxygens (including phenoxy) is 3. The van der Waals surface area contributed by atoms with Crippen LogP contribution in [0.5, 0.6) is 5.75 Å². The minimum atomic E-state index is -0.716. The fraction of sp³-hybridized carbons (Fsp3) is 0.562. The van der Waals surface area contributed by atoms with Crippen molar-refractivity contribution in [3.05, 3.63) is 47.5 Å². The summed E-state index contributed by atoms with van der Waals surface area (Å²) in [5, 5.41) is 5.10. The van der Waals surface area contributed by atoms with Gasteiger partial charge in [0.15, 0.2) is 0 Å². The first-order valence-electron chi connectivity index (χ1n) is 14.1. The van der Waals surface area contributed by atoms with E-state index in [2.05, 4.69) is 47.8 Å². The second kappa shape index (κ2) is 10.2. The quantitative estimate of drug-likeness (QED) is 0.508. The number of nitrogens with one attached hydrogen (secondary N) is 1. The van der Waals surface area contributed by atoms with Gasteiger partial charge in [-0.1, -0.05) is 45.1 Å². The molecule has 1 N–H and O–H groups in total. The lowest BCUT2D eigenvalue weighted by atomic mass is 9.85. The molecule has 1 saturated heterocycles. The maximum absolute atomic E-state index is 14.0. The van der Waals surface area contributed by atoms with E-state index in [1.165, 1.54) is 0 Å². The Hall–Kier alpha value is -3.06. The molecule has 5 rings (SSSR count). The van der Waals surface area contributed by atoms with Crippen molar-refractivity contribution in [3.63, 3.8) is 0 Å². The highest BCUT2D eigenvalue weighted by Crippen LogP contribution is 2.52. The summed E-state index contributed by atoms with van der Waals surface area (Å²) in [6.45, 7) is 8.69. The normalized spacial score (nSPS) is 27.3. The lowest BCUT2D eigenvalue weighted by Gasteiger charge is -2.35. The third-order valence-corrected chi connectivity index (χ3v) is 9.02. The Bertz CT molecular complexity index is 1290. The molecule has 2 aliphatic heterocycles. The number of carbonyl (C=O) groups is 2. The Balaban J connectivity index is 1.58. The molecular weight excluding hydrogens is 492 g/mol. The zero-order valence-corrected chi connectivity index (χ0v) is 24.1. The number of fused-ring (bicyclic) bond motifs is 5. The summed E-state index contributed by atoms with van der Waals surface area (Å²) < 4.78 is 17.5. The van der Waals surface area contributed by atoms with E-state index >= 15 is 0 Å². The Kier molecular flexibility index (Phi) is 7.17. The van der Waals surface area contributed by atoms with Gasteiger partial charge in [0.25, 0.3) is 0 Å². The Morgan fingerprint density at radius 3 is 2.49 bits per heavy atom. The van der Waals surface area contributed by atoms with Gasteiger partial charge in [0.05, 0.1) is 20.3 Å².